The normalized spacial score (nSPS) is 10.6. The maximum Gasteiger partial charge on any atom is 0.387 e. The van der Waals surface area contributed by atoms with Crippen molar-refractivity contribution in [3.8, 4) is 11.5 Å². The van der Waals surface area contributed by atoms with Crippen LogP contribution in [0.15, 0.2) is 18.2 Å². The summed E-state index contributed by atoms with van der Waals surface area (Å²) in [5.74, 6) is 0.282. The molecule has 17 heavy (non-hydrogen) atoms. The maximum absolute atomic E-state index is 12.3. The van der Waals surface area contributed by atoms with Gasteiger partial charge in [-0.15, -0.1) is 0 Å². The van der Waals surface area contributed by atoms with Gasteiger partial charge in [-0.2, -0.15) is 8.78 Å². The van der Waals surface area contributed by atoms with Gasteiger partial charge in [0.25, 0.3) is 0 Å². The molecule has 0 unspecified atom stereocenters. The van der Waals surface area contributed by atoms with Crippen LogP contribution in [0.2, 0.25) is 0 Å². The van der Waals surface area contributed by atoms with Crippen molar-refractivity contribution in [2.45, 2.75) is 13.2 Å². The standard InChI is InChI=1S/C11H15F2NO3/c1-16-9-4-2-3-8(7-14-5-6-15)10(9)17-11(12)13/h2-4,11,14-15H,5-7H2,1H3. The number of aliphatic hydroxyl groups excluding tert-OH is 1. The van der Waals surface area contributed by atoms with Crippen molar-refractivity contribution in [1.82, 2.24) is 5.32 Å². The summed E-state index contributed by atoms with van der Waals surface area (Å²) in [5.41, 5.74) is 0.554. The molecule has 6 heteroatoms. The van der Waals surface area contributed by atoms with Crippen LogP contribution in [0, 0.1) is 0 Å². The first-order chi connectivity index (χ1) is 8.19. The van der Waals surface area contributed by atoms with Gasteiger partial charge in [-0.25, -0.2) is 0 Å². The molecule has 0 radical (unpaired) electrons. The lowest BCUT2D eigenvalue weighted by atomic mass is 10.2. The molecule has 2 N–H and O–H groups in total. The van der Waals surface area contributed by atoms with E-state index in [1.807, 2.05) is 0 Å². The van der Waals surface area contributed by atoms with Crippen LogP contribution in [0.4, 0.5) is 8.78 Å². The third-order valence-corrected chi connectivity index (χ3v) is 2.09. The van der Waals surface area contributed by atoms with Gasteiger partial charge in [-0.3, -0.25) is 0 Å². The number of aliphatic hydroxyl groups is 1. The molecule has 1 rings (SSSR count). The van der Waals surface area contributed by atoms with E-state index < -0.39 is 6.61 Å². The second kappa shape index (κ2) is 7.03. The summed E-state index contributed by atoms with van der Waals surface area (Å²) >= 11 is 0. The minimum Gasteiger partial charge on any atom is -0.493 e. The number of halogens is 2. The molecule has 96 valence electrons. The van der Waals surface area contributed by atoms with E-state index in [9.17, 15) is 8.78 Å². The van der Waals surface area contributed by atoms with Crippen LogP contribution in [-0.4, -0.2) is 32.0 Å². The van der Waals surface area contributed by atoms with E-state index in [0.717, 1.165) is 0 Å². The number of hydrogen-bond donors (Lipinski definition) is 2. The Morgan fingerprint density at radius 3 is 2.76 bits per heavy atom. The average molecular weight is 247 g/mol. The summed E-state index contributed by atoms with van der Waals surface area (Å²) < 4.78 is 33.9. The maximum atomic E-state index is 12.3. The highest BCUT2D eigenvalue weighted by molar-refractivity contribution is 5.46. The van der Waals surface area contributed by atoms with Crippen molar-refractivity contribution < 1.29 is 23.4 Å². The molecule has 0 bridgehead atoms. The highest BCUT2D eigenvalue weighted by Gasteiger charge is 2.14. The lowest BCUT2D eigenvalue weighted by Crippen LogP contribution is -2.18. The molecule has 0 heterocycles. The van der Waals surface area contributed by atoms with Crippen LogP contribution in [0.3, 0.4) is 0 Å². The zero-order chi connectivity index (χ0) is 12.7. The molecule has 1 aromatic rings. The molecule has 4 nitrogen and oxygen atoms in total. The van der Waals surface area contributed by atoms with Crippen LogP contribution in [0.5, 0.6) is 11.5 Å². The Labute approximate surface area is 98.2 Å². The molecule has 0 fully saturated rings. The number of ether oxygens (including phenoxy) is 2. The zero-order valence-corrected chi connectivity index (χ0v) is 9.45. The number of nitrogens with one attached hydrogen (secondary N) is 1. The van der Waals surface area contributed by atoms with Crippen molar-refractivity contribution >= 4 is 0 Å². The van der Waals surface area contributed by atoms with Gasteiger partial charge in [-0.05, 0) is 6.07 Å². The zero-order valence-electron chi connectivity index (χ0n) is 9.45. The molecule has 0 aromatic heterocycles. The van der Waals surface area contributed by atoms with Crippen molar-refractivity contribution in [3.05, 3.63) is 23.8 Å². The van der Waals surface area contributed by atoms with E-state index in [2.05, 4.69) is 10.1 Å². The molecule has 0 aliphatic heterocycles. The molecular weight excluding hydrogens is 232 g/mol. The molecule has 0 saturated heterocycles. The number of benzene rings is 1. The monoisotopic (exact) mass is 247 g/mol. The Bertz CT molecular complexity index is 347. The first-order valence-electron chi connectivity index (χ1n) is 5.11. The Balaban J connectivity index is 2.85. The molecule has 0 saturated carbocycles. The third-order valence-electron chi connectivity index (χ3n) is 2.09. The van der Waals surface area contributed by atoms with E-state index in [0.29, 0.717) is 18.7 Å². The molecule has 1 aromatic carbocycles. The molecule has 0 spiro atoms. The summed E-state index contributed by atoms with van der Waals surface area (Å²) in [4.78, 5) is 0. The van der Waals surface area contributed by atoms with Gasteiger partial charge in [0.2, 0.25) is 0 Å². The molecule has 0 amide bonds. The summed E-state index contributed by atoms with van der Waals surface area (Å²) in [6.45, 7) is -2.22. The van der Waals surface area contributed by atoms with Crippen LogP contribution in [0.25, 0.3) is 0 Å². The van der Waals surface area contributed by atoms with Crippen LogP contribution >= 0.6 is 0 Å². The van der Waals surface area contributed by atoms with Gasteiger partial charge in [0.15, 0.2) is 11.5 Å². The van der Waals surface area contributed by atoms with E-state index in [1.54, 1.807) is 18.2 Å². The fourth-order valence-electron chi connectivity index (χ4n) is 1.39. The lowest BCUT2D eigenvalue weighted by Gasteiger charge is -2.14. The molecule has 0 aliphatic rings. The first kappa shape index (κ1) is 13.7. The van der Waals surface area contributed by atoms with Gasteiger partial charge < -0.3 is 19.9 Å². The van der Waals surface area contributed by atoms with Crippen molar-refractivity contribution in [2.75, 3.05) is 20.3 Å². The Kier molecular flexibility index (Phi) is 5.65. The van der Waals surface area contributed by atoms with Crippen LogP contribution < -0.4 is 14.8 Å². The second-order valence-electron chi connectivity index (χ2n) is 3.23. The SMILES string of the molecule is COc1cccc(CNCCO)c1OC(F)F. The van der Waals surface area contributed by atoms with Gasteiger partial charge in [0.05, 0.1) is 13.7 Å². The van der Waals surface area contributed by atoms with Crippen LogP contribution in [-0.2, 0) is 6.54 Å². The predicted octanol–water partition coefficient (Wildman–Crippen LogP) is 1.38. The van der Waals surface area contributed by atoms with Gasteiger partial charge >= 0.3 is 6.61 Å². The largest absolute Gasteiger partial charge is 0.493 e. The second-order valence-corrected chi connectivity index (χ2v) is 3.23. The fourth-order valence-corrected chi connectivity index (χ4v) is 1.39. The quantitative estimate of drug-likeness (QED) is 0.715. The van der Waals surface area contributed by atoms with E-state index >= 15 is 0 Å². The van der Waals surface area contributed by atoms with Gasteiger partial charge in [-0.1, -0.05) is 12.1 Å². The Morgan fingerprint density at radius 2 is 2.18 bits per heavy atom. The number of para-hydroxylation sites is 1. The summed E-state index contributed by atoms with van der Waals surface area (Å²) in [7, 11) is 1.39. The number of methoxy groups -OCH3 is 1. The minimum absolute atomic E-state index is 0.0188. The molecular formula is C11H15F2NO3. The first-order valence-corrected chi connectivity index (χ1v) is 5.11. The van der Waals surface area contributed by atoms with Crippen molar-refractivity contribution in [1.29, 1.82) is 0 Å². The van der Waals surface area contributed by atoms with E-state index in [1.165, 1.54) is 7.11 Å². The number of hydrogen-bond acceptors (Lipinski definition) is 4. The van der Waals surface area contributed by atoms with Crippen molar-refractivity contribution in [2.24, 2.45) is 0 Å². The fraction of sp³-hybridized carbons (Fsp3) is 0.455. The Hall–Kier alpha value is -1.40. The average Bonchev–Trinajstić information content (AvgIpc) is 2.30. The van der Waals surface area contributed by atoms with Gasteiger partial charge in [0, 0.05) is 18.7 Å². The summed E-state index contributed by atoms with van der Waals surface area (Å²) in [6, 6.07) is 4.89. The molecule has 0 atom stereocenters. The number of alkyl halides is 2. The van der Waals surface area contributed by atoms with Gasteiger partial charge in [0.1, 0.15) is 0 Å². The molecule has 0 aliphatic carbocycles. The summed E-state index contributed by atoms with van der Waals surface area (Å²) in [5, 5.41) is 11.5. The smallest absolute Gasteiger partial charge is 0.387 e. The van der Waals surface area contributed by atoms with E-state index in [4.69, 9.17) is 9.84 Å². The third kappa shape index (κ3) is 4.16. The highest BCUT2D eigenvalue weighted by Crippen LogP contribution is 2.32. The lowest BCUT2D eigenvalue weighted by molar-refractivity contribution is -0.0518. The highest BCUT2D eigenvalue weighted by atomic mass is 19.3. The summed E-state index contributed by atoms with van der Waals surface area (Å²) in [6.07, 6.45) is 0. The minimum atomic E-state index is -2.90. The van der Waals surface area contributed by atoms with Crippen LogP contribution in [0.1, 0.15) is 5.56 Å². The van der Waals surface area contributed by atoms with Crippen molar-refractivity contribution in [3.63, 3.8) is 0 Å². The topological polar surface area (TPSA) is 50.7 Å². The Morgan fingerprint density at radius 1 is 1.41 bits per heavy atom. The number of rotatable bonds is 7. The predicted molar refractivity (Wildman–Crippen MR) is 58.4 cm³/mol. The van der Waals surface area contributed by atoms with E-state index in [-0.39, 0.29) is 18.1 Å².